The Labute approximate surface area is 116 Å². The molecule has 0 aliphatic heterocycles. The van der Waals surface area contributed by atoms with Gasteiger partial charge in [-0.2, -0.15) is 0 Å². The van der Waals surface area contributed by atoms with Gasteiger partial charge in [-0.05, 0) is 25.3 Å². The van der Waals surface area contributed by atoms with Crippen molar-refractivity contribution in [3.05, 3.63) is 22.8 Å². The molecule has 0 aromatic carbocycles. The molecule has 0 bridgehead atoms. The summed E-state index contributed by atoms with van der Waals surface area (Å²) in [5.74, 6) is 0.877. The maximum atomic E-state index is 11.0. The first-order chi connectivity index (χ1) is 8.70. The van der Waals surface area contributed by atoms with Crippen LogP contribution in [-0.4, -0.2) is 24.6 Å². The number of nitrogens with zero attached hydrogens (tertiary/aromatic N) is 2. The minimum atomic E-state index is -3.20. The van der Waals surface area contributed by atoms with Crippen LogP contribution in [0.4, 0.5) is 0 Å². The molecule has 1 N–H and O–H groups in total. The van der Waals surface area contributed by atoms with Gasteiger partial charge in [0.05, 0.1) is 12.8 Å². The summed E-state index contributed by atoms with van der Waals surface area (Å²) >= 11 is 0. The SMILES string of the molecule is CC.Cc1nc(CNS(C)(=O)=O)nc(C)c1C(C)C. The Hall–Kier alpha value is -1.01. The lowest BCUT2D eigenvalue weighted by molar-refractivity contribution is 0.585. The Morgan fingerprint density at radius 3 is 1.84 bits per heavy atom. The lowest BCUT2D eigenvalue weighted by Gasteiger charge is -2.13. The standard InChI is InChI=1S/C11H19N3O2S.C2H6/c1-7(2)11-8(3)13-10(14-9(11)4)6-12-17(5,15)16;1-2/h7,12H,6H2,1-5H3;1-2H3. The largest absolute Gasteiger partial charge is 0.237 e. The second-order valence-corrected chi connectivity index (χ2v) is 6.31. The van der Waals surface area contributed by atoms with Crippen LogP contribution in [0, 0.1) is 13.8 Å². The van der Waals surface area contributed by atoms with E-state index in [1.165, 1.54) is 0 Å². The molecular formula is C13H25N3O2S. The highest BCUT2D eigenvalue weighted by Gasteiger charge is 2.12. The van der Waals surface area contributed by atoms with Crippen molar-refractivity contribution in [3.63, 3.8) is 0 Å². The molecule has 5 nitrogen and oxygen atoms in total. The zero-order valence-corrected chi connectivity index (χ0v) is 13.7. The summed E-state index contributed by atoms with van der Waals surface area (Å²) in [4.78, 5) is 8.64. The van der Waals surface area contributed by atoms with Gasteiger partial charge in [-0.3, -0.25) is 0 Å². The molecule has 0 amide bonds. The van der Waals surface area contributed by atoms with Crippen molar-refractivity contribution in [2.45, 2.75) is 54.0 Å². The summed E-state index contributed by atoms with van der Waals surface area (Å²) in [6.45, 7) is 12.2. The molecule has 6 heteroatoms. The predicted octanol–water partition coefficient (Wildman–Crippen LogP) is 2.29. The van der Waals surface area contributed by atoms with E-state index in [9.17, 15) is 8.42 Å². The fraction of sp³-hybridized carbons (Fsp3) is 0.692. The van der Waals surface area contributed by atoms with E-state index in [2.05, 4.69) is 28.5 Å². The fourth-order valence-corrected chi connectivity index (χ4v) is 2.30. The topological polar surface area (TPSA) is 72.0 Å². The Morgan fingerprint density at radius 1 is 1.11 bits per heavy atom. The van der Waals surface area contributed by atoms with Crippen LogP contribution in [0.5, 0.6) is 0 Å². The van der Waals surface area contributed by atoms with Gasteiger partial charge in [-0.15, -0.1) is 0 Å². The van der Waals surface area contributed by atoms with Gasteiger partial charge in [0.25, 0.3) is 0 Å². The number of hydrogen-bond acceptors (Lipinski definition) is 4. The highest BCUT2D eigenvalue weighted by atomic mass is 32.2. The molecule has 0 aliphatic carbocycles. The molecule has 1 aromatic rings. The van der Waals surface area contributed by atoms with E-state index in [4.69, 9.17) is 0 Å². The van der Waals surface area contributed by atoms with Gasteiger partial charge >= 0.3 is 0 Å². The molecule has 0 radical (unpaired) electrons. The maximum Gasteiger partial charge on any atom is 0.209 e. The average Bonchev–Trinajstić information content (AvgIpc) is 2.26. The van der Waals surface area contributed by atoms with Crippen molar-refractivity contribution < 1.29 is 8.42 Å². The van der Waals surface area contributed by atoms with Gasteiger partial charge in [-0.1, -0.05) is 27.7 Å². The van der Waals surface area contributed by atoms with Crippen LogP contribution in [0.15, 0.2) is 0 Å². The lowest BCUT2D eigenvalue weighted by atomic mass is 10.0. The molecule has 1 rings (SSSR count). The van der Waals surface area contributed by atoms with Gasteiger partial charge in [-0.25, -0.2) is 23.1 Å². The van der Waals surface area contributed by atoms with E-state index in [0.717, 1.165) is 23.2 Å². The quantitative estimate of drug-likeness (QED) is 0.922. The van der Waals surface area contributed by atoms with E-state index in [1.807, 2.05) is 27.7 Å². The van der Waals surface area contributed by atoms with E-state index in [1.54, 1.807) is 0 Å². The second kappa shape index (κ2) is 7.55. The van der Waals surface area contributed by atoms with E-state index in [-0.39, 0.29) is 6.54 Å². The maximum absolute atomic E-state index is 11.0. The predicted molar refractivity (Wildman–Crippen MR) is 78.6 cm³/mol. The number of aromatic nitrogens is 2. The molecule has 0 unspecified atom stereocenters. The van der Waals surface area contributed by atoms with Crippen LogP contribution >= 0.6 is 0 Å². The van der Waals surface area contributed by atoms with Crippen LogP contribution < -0.4 is 4.72 Å². The number of hydrogen-bond donors (Lipinski definition) is 1. The smallest absolute Gasteiger partial charge is 0.209 e. The van der Waals surface area contributed by atoms with Gasteiger partial charge in [0.2, 0.25) is 10.0 Å². The average molecular weight is 287 g/mol. The van der Waals surface area contributed by atoms with Crippen LogP contribution in [0.3, 0.4) is 0 Å². The first-order valence-electron chi connectivity index (χ1n) is 6.49. The first-order valence-corrected chi connectivity index (χ1v) is 8.38. The zero-order chi connectivity index (χ0) is 15.2. The molecule has 0 atom stereocenters. The van der Waals surface area contributed by atoms with E-state index >= 15 is 0 Å². The summed E-state index contributed by atoms with van der Waals surface area (Å²) in [6.07, 6.45) is 1.12. The van der Waals surface area contributed by atoms with Crippen molar-refractivity contribution in [1.82, 2.24) is 14.7 Å². The summed E-state index contributed by atoms with van der Waals surface area (Å²) in [6, 6.07) is 0. The highest BCUT2D eigenvalue weighted by Crippen LogP contribution is 2.20. The lowest BCUT2D eigenvalue weighted by Crippen LogP contribution is -2.23. The number of nitrogens with one attached hydrogen (secondary N) is 1. The summed E-state index contributed by atoms with van der Waals surface area (Å²) in [5.41, 5.74) is 2.96. The monoisotopic (exact) mass is 287 g/mol. The number of rotatable bonds is 4. The highest BCUT2D eigenvalue weighted by molar-refractivity contribution is 7.88. The van der Waals surface area contributed by atoms with Crippen LogP contribution in [-0.2, 0) is 16.6 Å². The molecule has 0 spiro atoms. The molecule has 0 saturated heterocycles. The van der Waals surface area contributed by atoms with Crippen molar-refractivity contribution in [2.24, 2.45) is 0 Å². The number of aryl methyl sites for hydroxylation is 2. The third-order valence-electron chi connectivity index (χ3n) is 2.44. The summed E-state index contributed by atoms with van der Waals surface area (Å²) in [5, 5.41) is 0. The third-order valence-corrected chi connectivity index (χ3v) is 3.11. The first kappa shape index (κ1) is 18.0. The van der Waals surface area contributed by atoms with Crippen molar-refractivity contribution >= 4 is 10.0 Å². The minimum absolute atomic E-state index is 0.138. The zero-order valence-electron chi connectivity index (χ0n) is 12.9. The van der Waals surface area contributed by atoms with Crippen molar-refractivity contribution in [2.75, 3.05) is 6.26 Å². The summed E-state index contributed by atoms with van der Waals surface area (Å²) < 4.78 is 24.4. The molecule has 110 valence electrons. The minimum Gasteiger partial charge on any atom is -0.237 e. The van der Waals surface area contributed by atoms with E-state index < -0.39 is 10.0 Å². The van der Waals surface area contributed by atoms with Crippen molar-refractivity contribution in [3.8, 4) is 0 Å². The van der Waals surface area contributed by atoms with E-state index in [0.29, 0.717) is 11.7 Å². The molecule has 0 fully saturated rings. The molecule has 0 aliphatic rings. The molecule has 1 heterocycles. The Bertz CT molecular complexity index is 488. The number of sulfonamides is 1. The third kappa shape index (κ3) is 6.11. The fourth-order valence-electron chi connectivity index (χ4n) is 1.90. The van der Waals surface area contributed by atoms with Gasteiger partial charge in [0, 0.05) is 11.4 Å². The Balaban J connectivity index is 0.00000154. The Kier molecular flexibility index (Phi) is 7.15. The van der Waals surface area contributed by atoms with Crippen LogP contribution in [0.25, 0.3) is 0 Å². The van der Waals surface area contributed by atoms with Gasteiger partial charge < -0.3 is 0 Å². The molecule has 1 aromatic heterocycles. The van der Waals surface area contributed by atoms with Crippen molar-refractivity contribution in [1.29, 1.82) is 0 Å². The van der Waals surface area contributed by atoms with Crippen LogP contribution in [0.2, 0.25) is 0 Å². The molecule has 19 heavy (non-hydrogen) atoms. The second-order valence-electron chi connectivity index (χ2n) is 4.47. The Morgan fingerprint density at radius 2 is 1.53 bits per heavy atom. The normalized spacial score (nSPS) is 11.2. The van der Waals surface area contributed by atoms with Gasteiger partial charge in [0.15, 0.2) is 0 Å². The summed E-state index contributed by atoms with van der Waals surface area (Å²) in [7, 11) is -3.20. The molecule has 0 saturated carbocycles. The van der Waals surface area contributed by atoms with Gasteiger partial charge in [0.1, 0.15) is 5.82 Å². The molecular weight excluding hydrogens is 262 g/mol. The van der Waals surface area contributed by atoms with Crippen LogP contribution in [0.1, 0.15) is 56.4 Å².